The lowest BCUT2D eigenvalue weighted by Crippen LogP contribution is -2.53. The molecule has 1 spiro atoms. The molecule has 0 aromatic carbocycles. The van der Waals surface area contributed by atoms with Crippen LogP contribution in [0.5, 0.6) is 0 Å². The molecule has 0 amide bonds. The molecule has 1 aliphatic carbocycles. The van der Waals surface area contributed by atoms with E-state index < -0.39 is 0 Å². The van der Waals surface area contributed by atoms with Gasteiger partial charge < -0.3 is 14.7 Å². The topological polar surface area (TPSA) is 53.7 Å². The minimum Gasteiger partial charge on any atom is -0.361 e. The van der Waals surface area contributed by atoms with Crippen molar-refractivity contribution in [2.24, 2.45) is 4.99 Å². The van der Waals surface area contributed by atoms with Crippen molar-refractivity contribution >= 4 is 41.7 Å². The summed E-state index contributed by atoms with van der Waals surface area (Å²) in [5.74, 6) is 3.25. The van der Waals surface area contributed by atoms with Crippen molar-refractivity contribution in [3.05, 3.63) is 17.0 Å². The van der Waals surface area contributed by atoms with Crippen LogP contribution in [0.25, 0.3) is 0 Å². The molecule has 1 aromatic rings. The van der Waals surface area contributed by atoms with E-state index in [2.05, 4.69) is 32.1 Å². The normalized spacial score (nSPS) is 20.1. The highest BCUT2D eigenvalue weighted by Gasteiger charge is 2.38. The molecule has 1 aliphatic heterocycles. The van der Waals surface area contributed by atoms with Gasteiger partial charge in [-0.3, -0.25) is 4.99 Å². The van der Waals surface area contributed by atoms with Crippen LogP contribution in [0.15, 0.2) is 9.52 Å². The van der Waals surface area contributed by atoms with E-state index in [1.807, 2.05) is 20.9 Å². The fourth-order valence-corrected chi connectivity index (χ4v) is 5.75. The summed E-state index contributed by atoms with van der Waals surface area (Å²) in [6.07, 6.45) is 9.01. The number of nitrogens with zero attached hydrogens (tertiary/aromatic N) is 3. The number of nitrogens with one attached hydrogen (secondary N) is 1. The maximum absolute atomic E-state index is 5.25. The highest BCUT2D eigenvalue weighted by atomic mass is 127. The molecular weight excluding hydrogens is 459 g/mol. The molecule has 7 heteroatoms. The van der Waals surface area contributed by atoms with Gasteiger partial charge in [0.1, 0.15) is 5.76 Å². The van der Waals surface area contributed by atoms with Crippen molar-refractivity contribution in [2.45, 2.75) is 63.5 Å². The van der Waals surface area contributed by atoms with E-state index in [-0.39, 0.29) is 24.0 Å². The molecule has 26 heavy (non-hydrogen) atoms. The third-order valence-electron chi connectivity index (χ3n) is 5.59. The van der Waals surface area contributed by atoms with Gasteiger partial charge in [0.2, 0.25) is 0 Å². The lowest BCUT2D eigenvalue weighted by molar-refractivity contribution is 0.293. The monoisotopic (exact) mass is 492 g/mol. The van der Waals surface area contributed by atoms with Crippen molar-refractivity contribution in [1.29, 1.82) is 0 Å². The van der Waals surface area contributed by atoms with E-state index in [0.717, 1.165) is 49.9 Å². The molecule has 1 N–H and O–H groups in total. The molecule has 1 aromatic heterocycles. The van der Waals surface area contributed by atoms with Gasteiger partial charge in [-0.2, -0.15) is 11.8 Å². The number of hydrogen-bond donors (Lipinski definition) is 1. The van der Waals surface area contributed by atoms with Crippen LogP contribution in [-0.2, 0) is 6.42 Å². The lowest BCUT2D eigenvalue weighted by Gasteiger charge is -2.45. The zero-order valence-electron chi connectivity index (χ0n) is 16.3. The Morgan fingerprint density at radius 1 is 1.31 bits per heavy atom. The average molecular weight is 492 g/mol. The van der Waals surface area contributed by atoms with Gasteiger partial charge in [-0.25, -0.2) is 0 Å². The molecule has 5 nitrogen and oxygen atoms in total. The van der Waals surface area contributed by atoms with Gasteiger partial charge in [-0.15, -0.1) is 24.0 Å². The van der Waals surface area contributed by atoms with E-state index in [1.165, 1.54) is 43.4 Å². The molecule has 2 heterocycles. The molecule has 1 saturated carbocycles. The van der Waals surface area contributed by atoms with Gasteiger partial charge in [0.05, 0.1) is 5.69 Å². The Kier molecular flexibility index (Phi) is 8.57. The van der Waals surface area contributed by atoms with Crippen molar-refractivity contribution < 1.29 is 4.52 Å². The van der Waals surface area contributed by atoms with Crippen LogP contribution < -0.4 is 5.32 Å². The van der Waals surface area contributed by atoms with E-state index >= 15 is 0 Å². The Hall–Kier alpha value is -0.440. The fraction of sp³-hybridized carbons (Fsp3) is 0.789. The number of rotatable bonds is 4. The first-order valence-electron chi connectivity index (χ1n) is 9.65. The number of halogens is 1. The van der Waals surface area contributed by atoms with Crippen LogP contribution in [0.3, 0.4) is 0 Å². The largest absolute Gasteiger partial charge is 0.361 e. The average Bonchev–Trinajstić information content (AvgIpc) is 2.94. The predicted octanol–water partition coefficient (Wildman–Crippen LogP) is 4.17. The second kappa shape index (κ2) is 10.2. The first-order chi connectivity index (χ1) is 12.1. The van der Waals surface area contributed by atoms with Gasteiger partial charge in [0, 0.05) is 42.7 Å². The first-order valence-corrected chi connectivity index (χ1v) is 10.6. The Morgan fingerprint density at radius 2 is 2.08 bits per heavy atom. The van der Waals surface area contributed by atoms with Gasteiger partial charge in [-0.1, -0.05) is 24.4 Å². The van der Waals surface area contributed by atoms with Crippen molar-refractivity contribution in [1.82, 2.24) is 15.4 Å². The molecule has 0 unspecified atom stereocenters. The highest BCUT2D eigenvalue weighted by Crippen LogP contribution is 2.42. The summed E-state index contributed by atoms with van der Waals surface area (Å²) in [5, 5.41) is 7.62. The summed E-state index contributed by atoms with van der Waals surface area (Å²) >= 11 is 2.21. The lowest BCUT2D eigenvalue weighted by atomic mass is 9.87. The molecule has 0 bridgehead atoms. The summed E-state index contributed by atoms with van der Waals surface area (Å²) in [6, 6.07) is 0. The van der Waals surface area contributed by atoms with Gasteiger partial charge in [0.25, 0.3) is 0 Å². The quantitative estimate of drug-likeness (QED) is 0.296. The summed E-state index contributed by atoms with van der Waals surface area (Å²) < 4.78 is 5.73. The number of aryl methyl sites for hydroxylation is 2. The van der Waals surface area contributed by atoms with Crippen LogP contribution in [0.1, 0.15) is 55.5 Å². The van der Waals surface area contributed by atoms with Gasteiger partial charge >= 0.3 is 0 Å². The van der Waals surface area contributed by atoms with Crippen molar-refractivity contribution in [3.8, 4) is 0 Å². The first kappa shape index (κ1) is 21.9. The molecule has 0 radical (unpaired) electrons. The van der Waals surface area contributed by atoms with Gasteiger partial charge in [0.15, 0.2) is 5.96 Å². The Bertz CT molecular complexity index is 573. The summed E-state index contributed by atoms with van der Waals surface area (Å²) in [6.45, 7) is 7.22. The molecule has 2 aliphatic rings. The zero-order valence-corrected chi connectivity index (χ0v) is 19.5. The molecule has 3 rings (SSSR count). The van der Waals surface area contributed by atoms with Crippen LogP contribution in [-0.4, -0.2) is 53.2 Å². The standard InChI is InChI=1S/C19H32N4OS.HI/c1-15-17(16(2)24-22-15)8-7-11-21-18(20-3)23-12-13-25-19(14-23)9-5-4-6-10-19;/h4-14H2,1-3H3,(H,20,21);1H. The van der Waals surface area contributed by atoms with Crippen molar-refractivity contribution in [3.63, 3.8) is 0 Å². The molecule has 148 valence electrons. The summed E-state index contributed by atoms with van der Waals surface area (Å²) in [4.78, 5) is 7.03. The molecule has 0 atom stereocenters. The SMILES string of the molecule is CN=C(NCCCc1c(C)noc1C)N1CCSC2(CCCCC2)C1.I. The maximum Gasteiger partial charge on any atom is 0.193 e. The minimum absolute atomic E-state index is 0. The van der Waals surface area contributed by atoms with Gasteiger partial charge in [-0.05, 0) is 39.5 Å². The Morgan fingerprint density at radius 3 is 2.73 bits per heavy atom. The minimum atomic E-state index is 0. The number of hydrogen-bond acceptors (Lipinski definition) is 4. The van der Waals surface area contributed by atoms with Crippen LogP contribution in [0.2, 0.25) is 0 Å². The zero-order chi connectivity index (χ0) is 17.7. The Labute approximate surface area is 179 Å². The highest BCUT2D eigenvalue weighted by molar-refractivity contribution is 14.0. The number of guanidine groups is 1. The number of aliphatic imine (C=N–C) groups is 1. The summed E-state index contributed by atoms with van der Waals surface area (Å²) in [5.41, 5.74) is 2.28. The molecule has 1 saturated heterocycles. The van der Waals surface area contributed by atoms with E-state index in [4.69, 9.17) is 4.52 Å². The third kappa shape index (κ3) is 5.30. The summed E-state index contributed by atoms with van der Waals surface area (Å²) in [7, 11) is 1.91. The van der Waals surface area contributed by atoms with E-state index in [1.54, 1.807) is 0 Å². The third-order valence-corrected chi connectivity index (χ3v) is 7.13. The molecule has 2 fully saturated rings. The second-order valence-electron chi connectivity index (χ2n) is 7.39. The Balaban J connectivity index is 0.00000243. The van der Waals surface area contributed by atoms with Crippen LogP contribution >= 0.6 is 35.7 Å². The smallest absolute Gasteiger partial charge is 0.193 e. The van der Waals surface area contributed by atoms with E-state index in [0.29, 0.717) is 4.75 Å². The van der Waals surface area contributed by atoms with E-state index in [9.17, 15) is 0 Å². The van der Waals surface area contributed by atoms with Crippen LogP contribution in [0.4, 0.5) is 0 Å². The number of aromatic nitrogens is 1. The fourth-order valence-electron chi connectivity index (χ4n) is 4.18. The maximum atomic E-state index is 5.25. The number of thioether (sulfide) groups is 1. The van der Waals surface area contributed by atoms with Crippen molar-refractivity contribution in [2.75, 3.05) is 32.4 Å². The molecular formula is C19H33IN4OS. The predicted molar refractivity (Wildman–Crippen MR) is 121 cm³/mol. The van der Waals surface area contributed by atoms with Crippen LogP contribution in [0, 0.1) is 13.8 Å². The second-order valence-corrected chi connectivity index (χ2v) is 8.96.